The predicted molar refractivity (Wildman–Crippen MR) is 79.3 cm³/mol. The van der Waals surface area contributed by atoms with Crippen molar-refractivity contribution < 1.29 is 9.94 Å². The molecule has 0 amide bonds. The summed E-state index contributed by atoms with van der Waals surface area (Å²) in [4.78, 5) is 4.25. The molecule has 1 aromatic heterocycles. The molecule has 0 unspecified atom stereocenters. The molecule has 0 aliphatic carbocycles. The maximum absolute atomic E-state index is 8.80. The van der Waals surface area contributed by atoms with Crippen molar-refractivity contribution in [3.63, 3.8) is 0 Å². The first-order chi connectivity index (χ1) is 9.74. The predicted octanol–water partition coefficient (Wildman–Crippen LogP) is 2.48. The van der Waals surface area contributed by atoms with Gasteiger partial charge in [-0.1, -0.05) is 17.3 Å². The number of ether oxygens (including phenoxy) is 1. The molecule has 0 radical (unpaired) electrons. The van der Waals surface area contributed by atoms with Gasteiger partial charge in [-0.05, 0) is 29.8 Å². The van der Waals surface area contributed by atoms with E-state index in [4.69, 9.17) is 15.7 Å². The molecule has 0 fully saturated rings. The summed E-state index contributed by atoms with van der Waals surface area (Å²) in [5.74, 6) is 1.35. The molecule has 104 valence electrons. The summed E-state index contributed by atoms with van der Waals surface area (Å²) >= 11 is 1.62. The molecular weight excluding hydrogens is 274 g/mol. The van der Waals surface area contributed by atoms with Crippen LogP contribution in [-0.2, 0) is 5.75 Å². The Morgan fingerprint density at radius 2 is 2.25 bits per heavy atom. The van der Waals surface area contributed by atoms with Crippen molar-refractivity contribution in [3.05, 3.63) is 53.7 Å². The van der Waals surface area contributed by atoms with Crippen LogP contribution in [-0.4, -0.2) is 23.1 Å². The van der Waals surface area contributed by atoms with Crippen molar-refractivity contribution in [1.29, 1.82) is 0 Å². The minimum absolute atomic E-state index is 0.0338. The lowest BCUT2D eigenvalue weighted by atomic mass is 10.1. The average molecular weight is 289 g/mol. The Kier molecular flexibility index (Phi) is 4.84. The van der Waals surface area contributed by atoms with E-state index in [1.807, 2.05) is 36.4 Å². The lowest BCUT2D eigenvalue weighted by molar-refractivity contribution is 0.318. The van der Waals surface area contributed by atoms with Crippen molar-refractivity contribution in [2.45, 2.75) is 10.8 Å². The zero-order valence-corrected chi connectivity index (χ0v) is 11.8. The quantitative estimate of drug-likeness (QED) is 0.290. The number of pyridine rings is 1. The monoisotopic (exact) mass is 289 g/mol. The van der Waals surface area contributed by atoms with Crippen molar-refractivity contribution in [2.75, 3.05) is 7.11 Å². The zero-order valence-electron chi connectivity index (χ0n) is 11.0. The molecule has 3 N–H and O–H groups in total. The van der Waals surface area contributed by atoms with Gasteiger partial charge in [-0.25, -0.2) is 4.98 Å². The van der Waals surface area contributed by atoms with Gasteiger partial charge in [0.1, 0.15) is 5.75 Å². The highest BCUT2D eigenvalue weighted by atomic mass is 32.2. The standard InChI is InChI=1S/C14H15N3O2S/c1-19-12-6-5-10(8-11(12)14(15)17-18)9-20-13-4-2-3-7-16-13/h2-8,18H,9H2,1H3,(H2,15,17). The Morgan fingerprint density at radius 3 is 2.90 bits per heavy atom. The topological polar surface area (TPSA) is 80.7 Å². The number of nitrogens with zero attached hydrogens (tertiary/aromatic N) is 2. The zero-order chi connectivity index (χ0) is 14.4. The van der Waals surface area contributed by atoms with E-state index in [0.29, 0.717) is 11.3 Å². The number of benzene rings is 1. The smallest absolute Gasteiger partial charge is 0.173 e. The van der Waals surface area contributed by atoms with Crippen LogP contribution in [0.1, 0.15) is 11.1 Å². The number of hydrogen-bond donors (Lipinski definition) is 2. The number of thioether (sulfide) groups is 1. The van der Waals surface area contributed by atoms with Gasteiger partial charge >= 0.3 is 0 Å². The fourth-order valence-corrected chi connectivity index (χ4v) is 2.49. The normalized spacial score (nSPS) is 11.3. The van der Waals surface area contributed by atoms with Gasteiger partial charge in [-0.3, -0.25) is 0 Å². The third kappa shape index (κ3) is 3.42. The maximum Gasteiger partial charge on any atom is 0.173 e. The Bertz CT molecular complexity index is 603. The van der Waals surface area contributed by atoms with Crippen LogP contribution in [0.15, 0.2) is 52.8 Å². The first kappa shape index (κ1) is 14.2. The molecule has 6 heteroatoms. The summed E-state index contributed by atoms with van der Waals surface area (Å²) in [6.07, 6.45) is 1.76. The van der Waals surface area contributed by atoms with Gasteiger partial charge in [0.05, 0.1) is 17.7 Å². The third-order valence-electron chi connectivity index (χ3n) is 2.67. The molecule has 2 rings (SSSR count). The summed E-state index contributed by atoms with van der Waals surface area (Å²) in [5.41, 5.74) is 7.27. The maximum atomic E-state index is 8.80. The van der Waals surface area contributed by atoms with E-state index in [9.17, 15) is 0 Å². The second kappa shape index (κ2) is 6.81. The van der Waals surface area contributed by atoms with Crippen molar-refractivity contribution >= 4 is 17.6 Å². The summed E-state index contributed by atoms with van der Waals surface area (Å²) < 4.78 is 5.19. The summed E-state index contributed by atoms with van der Waals surface area (Å²) in [6.45, 7) is 0. The van der Waals surface area contributed by atoms with Gasteiger partial charge in [-0.2, -0.15) is 0 Å². The molecule has 0 saturated heterocycles. The Balaban J connectivity index is 2.17. The van der Waals surface area contributed by atoms with Crippen molar-refractivity contribution in [3.8, 4) is 5.75 Å². The second-order valence-corrected chi connectivity index (χ2v) is 4.97. The molecule has 0 aliphatic rings. The van der Waals surface area contributed by atoms with Crippen LogP contribution in [0.25, 0.3) is 0 Å². The number of nitrogens with two attached hydrogens (primary N) is 1. The van der Waals surface area contributed by atoms with E-state index in [0.717, 1.165) is 16.3 Å². The van der Waals surface area contributed by atoms with Gasteiger partial charge in [0.25, 0.3) is 0 Å². The van der Waals surface area contributed by atoms with Crippen LogP contribution in [0.4, 0.5) is 0 Å². The van der Waals surface area contributed by atoms with Crippen LogP contribution in [0.3, 0.4) is 0 Å². The van der Waals surface area contributed by atoms with Crippen LogP contribution < -0.4 is 10.5 Å². The number of amidine groups is 1. The first-order valence-corrected chi connectivity index (χ1v) is 6.92. The molecule has 5 nitrogen and oxygen atoms in total. The van der Waals surface area contributed by atoms with E-state index >= 15 is 0 Å². The van der Waals surface area contributed by atoms with E-state index < -0.39 is 0 Å². The van der Waals surface area contributed by atoms with Gasteiger partial charge in [0, 0.05) is 11.9 Å². The molecule has 2 aromatic rings. The fraction of sp³-hybridized carbons (Fsp3) is 0.143. The second-order valence-electron chi connectivity index (χ2n) is 3.98. The molecule has 0 spiro atoms. The number of hydrogen-bond acceptors (Lipinski definition) is 5. The Labute approximate surface area is 121 Å². The molecule has 20 heavy (non-hydrogen) atoms. The molecule has 0 aliphatic heterocycles. The molecule has 0 atom stereocenters. The highest BCUT2D eigenvalue weighted by molar-refractivity contribution is 7.98. The van der Waals surface area contributed by atoms with E-state index in [1.54, 1.807) is 25.1 Å². The van der Waals surface area contributed by atoms with E-state index in [2.05, 4.69) is 10.1 Å². The summed E-state index contributed by atoms with van der Waals surface area (Å²) in [6, 6.07) is 11.4. The number of rotatable bonds is 5. The molecular formula is C14H15N3O2S. The average Bonchev–Trinajstić information content (AvgIpc) is 2.52. The van der Waals surface area contributed by atoms with Crippen LogP contribution >= 0.6 is 11.8 Å². The number of oxime groups is 1. The highest BCUT2D eigenvalue weighted by Gasteiger charge is 2.09. The minimum Gasteiger partial charge on any atom is -0.496 e. The number of aromatic nitrogens is 1. The fourth-order valence-electron chi connectivity index (χ4n) is 1.69. The molecule has 0 saturated carbocycles. The van der Waals surface area contributed by atoms with Gasteiger partial charge < -0.3 is 15.7 Å². The summed E-state index contributed by atoms with van der Waals surface area (Å²) in [5, 5.41) is 12.8. The van der Waals surface area contributed by atoms with Crippen molar-refractivity contribution in [1.82, 2.24) is 4.98 Å². The van der Waals surface area contributed by atoms with Crippen LogP contribution in [0.5, 0.6) is 5.75 Å². The molecule has 1 aromatic carbocycles. The van der Waals surface area contributed by atoms with Crippen LogP contribution in [0.2, 0.25) is 0 Å². The number of methoxy groups -OCH3 is 1. The molecule has 1 heterocycles. The Hall–Kier alpha value is -2.21. The largest absolute Gasteiger partial charge is 0.496 e. The Morgan fingerprint density at radius 1 is 1.40 bits per heavy atom. The summed E-state index contributed by atoms with van der Waals surface area (Å²) in [7, 11) is 1.55. The lowest BCUT2D eigenvalue weighted by Gasteiger charge is -2.09. The van der Waals surface area contributed by atoms with Gasteiger partial charge in [0.15, 0.2) is 5.84 Å². The minimum atomic E-state index is 0.0338. The SMILES string of the molecule is COc1ccc(CSc2ccccn2)cc1C(N)=NO. The van der Waals surface area contributed by atoms with Gasteiger partial charge in [-0.15, -0.1) is 11.8 Å². The van der Waals surface area contributed by atoms with E-state index in [1.165, 1.54) is 0 Å². The third-order valence-corrected chi connectivity index (χ3v) is 3.69. The van der Waals surface area contributed by atoms with Crippen LogP contribution in [0, 0.1) is 0 Å². The molecule has 0 bridgehead atoms. The first-order valence-electron chi connectivity index (χ1n) is 5.93. The van der Waals surface area contributed by atoms with E-state index in [-0.39, 0.29) is 5.84 Å². The highest BCUT2D eigenvalue weighted by Crippen LogP contribution is 2.25. The van der Waals surface area contributed by atoms with Crippen molar-refractivity contribution in [2.24, 2.45) is 10.9 Å². The lowest BCUT2D eigenvalue weighted by Crippen LogP contribution is -2.14. The van der Waals surface area contributed by atoms with Gasteiger partial charge in [0.2, 0.25) is 0 Å².